The number of hydrogen-bond donors (Lipinski definition) is 1. The van der Waals surface area contributed by atoms with Gasteiger partial charge >= 0.3 is 5.97 Å². The van der Waals surface area contributed by atoms with Gasteiger partial charge in [-0.15, -0.1) is 23.2 Å². The van der Waals surface area contributed by atoms with Crippen molar-refractivity contribution in [1.29, 1.82) is 0 Å². The summed E-state index contributed by atoms with van der Waals surface area (Å²) in [6.07, 6.45) is 0.181. The van der Waals surface area contributed by atoms with Crippen LogP contribution < -0.4 is 10.6 Å². The largest absolute Gasteiger partial charge is 0.466 e. The second-order valence-electron chi connectivity index (χ2n) is 4.57. The Labute approximate surface area is 136 Å². The Kier molecular flexibility index (Phi) is 8.50. The van der Waals surface area contributed by atoms with Gasteiger partial charge in [0.2, 0.25) is 0 Å². The van der Waals surface area contributed by atoms with Gasteiger partial charge in [-0.2, -0.15) is 0 Å². The molecule has 0 heterocycles. The maximum atomic E-state index is 11.4. The highest BCUT2D eigenvalue weighted by molar-refractivity contribution is 6.18. The summed E-state index contributed by atoms with van der Waals surface area (Å²) in [4.78, 5) is 13.5. The number of nitrogens with two attached hydrogens (primary N) is 1. The standard InChI is InChI=1S/C15H22Cl2N2O2/c1-2-21-15(20)11-14(18)12-3-5-13(6-4-12)19(9-7-16)10-8-17/h3-6,14H,2,7-11,18H2,1H3. The lowest BCUT2D eigenvalue weighted by Gasteiger charge is -2.23. The third kappa shape index (κ3) is 6.12. The molecule has 1 rings (SSSR count). The Balaban J connectivity index is 2.69. The number of rotatable bonds is 9. The fraction of sp³-hybridized carbons (Fsp3) is 0.533. The van der Waals surface area contributed by atoms with E-state index in [0.29, 0.717) is 18.4 Å². The number of nitrogens with zero attached hydrogens (tertiary/aromatic N) is 1. The van der Waals surface area contributed by atoms with Crippen molar-refractivity contribution in [2.75, 3.05) is 36.4 Å². The van der Waals surface area contributed by atoms with E-state index in [0.717, 1.165) is 24.3 Å². The first-order chi connectivity index (χ1) is 10.1. The maximum absolute atomic E-state index is 11.4. The zero-order valence-electron chi connectivity index (χ0n) is 12.2. The van der Waals surface area contributed by atoms with Gasteiger partial charge in [-0.25, -0.2) is 0 Å². The average Bonchev–Trinajstić information content (AvgIpc) is 2.47. The summed E-state index contributed by atoms with van der Waals surface area (Å²) in [5, 5.41) is 0. The summed E-state index contributed by atoms with van der Waals surface area (Å²) >= 11 is 11.6. The summed E-state index contributed by atoms with van der Waals surface area (Å²) < 4.78 is 4.90. The molecule has 0 saturated carbocycles. The highest BCUT2D eigenvalue weighted by atomic mass is 35.5. The van der Waals surface area contributed by atoms with Crippen molar-refractivity contribution in [2.24, 2.45) is 5.73 Å². The average molecular weight is 333 g/mol. The summed E-state index contributed by atoms with van der Waals surface area (Å²) in [6.45, 7) is 3.63. The predicted octanol–water partition coefficient (Wildman–Crippen LogP) is 2.92. The van der Waals surface area contributed by atoms with E-state index >= 15 is 0 Å². The summed E-state index contributed by atoms with van der Waals surface area (Å²) in [6, 6.07) is 7.44. The fourth-order valence-corrected chi connectivity index (χ4v) is 2.43. The number of ether oxygens (including phenoxy) is 1. The van der Waals surface area contributed by atoms with Crippen LogP contribution in [0.4, 0.5) is 5.69 Å². The van der Waals surface area contributed by atoms with Crippen LogP contribution in [-0.2, 0) is 9.53 Å². The lowest BCUT2D eigenvalue weighted by Crippen LogP contribution is -2.27. The molecule has 118 valence electrons. The van der Waals surface area contributed by atoms with Crippen LogP contribution in [0.5, 0.6) is 0 Å². The Morgan fingerprint density at radius 3 is 2.29 bits per heavy atom. The van der Waals surface area contributed by atoms with Crippen molar-refractivity contribution in [1.82, 2.24) is 0 Å². The number of anilines is 1. The molecule has 0 bridgehead atoms. The van der Waals surface area contributed by atoms with Crippen LogP contribution in [0.3, 0.4) is 0 Å². The Hall–Kier alpha value is -0.970. The van der Waals surface area contributed by atoms with E-state index in [4.69, 9.17) is 33.7 Å². The van der Waals surface area contributed by atoms with Crippen LogP contribution in [0, 0.1) is 0 Å². The van der Waals surface area contributed by atoms with E-state index in [9.17, 15) is 4.79 Å². The Bertz CT molecular complexity index is 420. The molecule has 21 heavy (non-hydrogen) atoms. The normalized spacial score (nSPS) is 12.0. The van der Waals surface area contributed by atoms with Gasteiger partial charge in [0.25, 0.3) is 0 Å². The third-order valence-electron chi connectivity index (χ3n) is 3.09. The van der Waals surface area contributed by atoms with E-state index in [-0.39, 0.29) is 18.4 Å². The van der Waals surface area contributed by atoms with Crippen molar-refractivity contribution >= 4 is 34.9 Å². The molecular weight excluding hydrogens is 311 g/mol. The third-order valence-corrected chi connectivity index (χ3v) is 3.43. The predicted molar refractivity (Wildman–Crippen MR) is 88.3 cm³/mol. The van der Waals surface area contributed by atoms with Gasteiger partial charge in [0.05, 0.1) is 13.0 Å². The first-order valence-corrected chi connectivity index (χ1v) is 8.07. The first-order valence-electron chi connectivity index (χ1n) is 7.00. The lowest BCUT2D eigenvalue weighted by molar-refractivity contribution is -0.143. The van der Waals surface area contributed by atoms with Gasteiger partial charge < -0.3 is 15.4 Å². The van der Waals surface area contributed by atoms with Crippen molar-refractivity contribution < 1.29 is 9.53 Å². The zero-order chi connectivity index (χ0) is 15.7. The molecule has 0 spiro atoms. The van der Waals surface area contributed by atoms with Gasteiger partial charge in [-0.3, -0.25) is 4.79 Å². The molecule has 0 amide bonds. The number of carbonyl (C=O) groups excluding carboxylic acids is 1. The Morgan fingerprint density at radius 2 is 1.81 bits per heavy atom. The summed E-state index contributed by atoms with van der Waals surface area (Å²) in [5.41, 5.74) is 7.96. The highest BCUT2D eigenvalue weighted by Gasteiger charge is 2.13. The Morgan fingerprint density at radius 1 is 1.24 bits per heavy atom. The van der Waals surface area contributed by atoms with E-state index in [1.165, 1.54) is 0 Å². The zero-order valence-corrected chi connectivity index (χ0v) is 13.7. The van der Waals surface area contributed by atoms with Crippen LogP contribution in [0.2, 0.25) is 0 Å². The number of halogens is 2. The second-order valence-corrected chi connectivity index (χ2v) is 5.33. The molecule has 0 aliphatic heterocycles. The maximum Gasteiger partial charge on any atom is 0.307 e. The molecule has 0 aliphatic rings. The SMILES string of the molecule is CCOC(=O)CC(N)c1ccc(N(CCCl)CCCl)cc1. The molecule has 1 atom stereocenters. The molecule has 1 aromatic rings. The first kappa shape index (κ1) is 18.1. The number of benzene rings is 1. The van der Waals surface area contributed by atoms with Crippen molar-refractivity contribution in [3.63, 3.8) is 0 Å². The van der Waals surface area contributed by atoms with E-state index in [2.05, 4.69) is 4.90 Å². The molecule has 4 nitrogen and oxygen atoms in total. The molecule has 6 heteroatoms. The van der Waals surface area contributed by atoms with Crippen molar-refractivity contribution in [2.45, 2.75) is 19.4 Å². The minimum Gasteiger partial charge on any atom is -0.466 e. The molecule has 2 N–H and O–H groups in total. The number of carbonyl (C=O) groups is 1. The quantitative estimate of drug-likeness (QED) is 0.558. The molecule has 1 unspecified atom stereocenters. The van der Waals surface area contributed by atoms with Gasteiger partial charge in [0.15, 0.2) is 0 Å². The van der Waals surface area contributed by atoms with E-state index in [1.807, 2.05) is 24.3 Å². The fourth-order valence-electron chi connectivity index (χ4n) is 2.02. The summed E-state index contributed by atoms with van der Waals surface area (Å²) in [5.74, 6) is 0.808. The van der Waals surface area contributed by atoms with E-state index in [1.54, 1.807) is 6.92 Å². The molecule has 0 saturated heterocycles. The van der Waals surface area contributed by atoms with Gasteiger partial charge in [-0.1, -0.05) is 12.1 Å². The van der Waals surface area contributed by atoms with Gasteiger partial charge in [0, 0.05) is 36.6 Å². The minimum absolute atomic E-state index is 0.181. The lowest BCUT2D eigenvalue weighted by atomic mass is 10.0. The molecule has 0 radical (unpaired) electrons. The topological polar surface area (TPSA) is 55.6 Å². The van der Waals surface area contributed by atoms with Crippen LogP contribution in [0.15, 0.2) is 24.3 Å². The second kappa shape index (κ2) is 9.87. The molecule has 0 aliphatic carbocycles. The van der Waals surface area contributed by atoms with Crippen LogP contribution in [0.1, 0.15) is 24.9 Å². The number of alkyl halides is 2. The smallest absolute Gasteiger partial charge is 0.307 e. The molecule has 0 aromatic heterocycles. The molecule has 1 aromatic carbocycles. The van der Waals surface area contributed by atoms with E-state index < -0.39 is 0 Å². The minimum atomic E-state index is -0.354. The van der Waals surface area contributed by atoms with Gasteiger partial charge in [0.1, 0.15) is 0 Å². The molecular formula is C15H22Cl2N2O2. The van der Waals surface area contributed by atoms with Crippen molar-refractivity contribution in [3.8, 4) is 0 Å². The monoisotopic (exact) mass is 332 g/mol. The highest BCUT2D eigenvalue weighted by Crippen LogP contribution is 2.20. The van der Waals surface area contributed by atoms with Crippen LogP contribution in [-0.4, -0.2) is 37.4 Å². The van der Waals surface area contributed by atoms with Crippen LogP contribution >= 0.6 is 23.2 Å². The van der Waals surface area contributed by atoms with Crippen molar-refractivity contribution in [3.05, 3.63) is 29.8 Å². The number of esters is 1. The molecule has 0 fully saturated rings. The van der Waals surface area contributed by atoms with Gasteiger partial charge in [-0.05, 0) is 24.6 Å². The van der Waals surface area contributed by atoms with Crippen LogP contribution in [0.25, 0.3) is 0 Å². The summed E-state index contributed by atoms with van der Waals surface area (Å²) in [7, 11) is 0. The number of hydrogen-bond acceptors (Lipinski definition) is 4.